The molecule has 2 heterocycles. The minimum atomic E-state index is -0.540. The second-order valence-corrected chi connectivity index (χ2v) is 12.8. The standard InChI is InChI=1S/C40H24ClN3S/c41-27-23-30(39-43-37(25-13-3-1-4-14-25)42-38(44-39)26-15-5-2-6-16-26)36-34(24-27)40(33-21-11-12-22-35(33)45-36)31-19-9-7-17-28(31)29-18-8-10-20-32(29)40/h1-24H. The van der Waals surface area contributed by atoms with Crippen LogP contribution < -0.4 is 0 Å². The van der Waals surface area contributed by atoms with E-state index in [9.17, 15) is 0 Å². The highest BCUT2D eigenvalue weighted by Gasteiger charge is 2.50. The number of benzene rings is 6. The minimum Gasteiger partial charge on any atom is -0.208 e. The third-order valence-electron chi connectivity index (χ3n) is 8.85. The second kappa shape index (κ2) is 10.3. The maximum absolute atomic E-state index is 7.11. The Morgan fingerprint density at radius 3 is 1.53 bits per heavy atom. The molecule has 7 aromatic rings. The van der Waals surface area contributed by atoms with Crippen molar-refractivity contribution in [3.8, 4) is 45.3 Å². The summed E-state index contributed by atoms with van der Waals surface area (Å²) in [6.07, 6.45) is 0. The average Bonchev–Trinajstić information content (AvgIpc) is 3.40. The Bertz CT molecular complexity index is 2160. The van der Waals surface area contributed by atoms with Crippen LogP contribution >= 0.6 is 23.4 Å². The summed E-state index contributed by atoms with van der Waals surface area (Å²) in [6.45, 7) is 0. The zero-order valence-electron chi connectivity index (χ0n) is 24.0. The van der Waals surface area contributed by atoms with Crippen molar-refractivity contribution in [1.29, 1.82) is 0 Å². The Hall–Kier alpha value is -5.03. The van der Waals surface area contributed by atoms with Crippen LogP contribution in [0, 0.1) is 0 Å². The number of aromatic nitrogens is 3. The molecule has 0 unspecified atom stereocenters. The summed E-state index contributed by atoms with van der Waals surface area (Å²) in [6, 6.07) is 50.7. The van der Waals surface area contributed by atoms with E-state index in [-0.39, 0.29) is 0 Å². The lowest BCUT2D eigenvalue weighted by molar-refractivity contribution is 0.723. The van der Waals surface area contributed by atoms with Gasteiger partial charge in [-0.2, -0.15) is 0 Å². The summed E-state index contributed by atoms with van der Waals surface area (Å²) in [4.78, 5) is 17.5. The van der Waals surface area contributed by atoms with Crippen molar-refractivity contribution in [3.63, 3.8) is 0 Å². The number of hydrogen-bond acceptors (Lipinski definition) is 4. The molecule has 0 radical (unpaired) electrons. The molecule has 1 spiro atoms. The molecule has 3 nitrogen and oxygen atoms in total. The van der Waals surface area contributed by atoms with Crippen molar-refractivity contribution in [3.05, 3.63) is 173 Å². The van der Waals surface area contributed by atoms with Crippen LogP contribution in [0.5, 0.6) is 0 Å². The van der Waals surface area contributed by atoms with E-state index >= 15 is 0 Å². The van der Waals surface area contributed by atoms with Gasteiger partial charge < -0.3 is 0 Å². The SMILES string of the molecule is Clc1cc(-c2nc(-c3ccccc3)nc(-c3ccccc3)n2)c2c(c1)C1(c3ccccc3S2)c2ccccc2-c2ccccc21. The predicted molar refractivity (Wildman–Crippen MR) is 183 cm³/mol. The van der Waals surface area contributed by atoms with Gasteiger partial charge in [0.25, 0.3) is 0 Å². The molecular weight excluding hydrogens is 590 g/mol. The number of nitrogens with zero attached hydrogens (tertiary/aromatic N) is 3. The van der Waals surface area contributed by atoms with Gasteiger partial charge in [-0.05, 0) is 51.6 Å². The van der Waals surface area contributed by atoms with Gasteiger partial charge in [-0.3, -0.25) is 0 Å². The van der Waals surface area contributed by atoms with E-state index in [0.717, 1.165) is 27.1 Å². The van der Waals surface area contributed by atoms with Crippen LogP contribution in [-0.4, -0.2) is 15.0 Å². The van der Waals surface area contributed by atoms with Gasteiger partial charge in [0, 0.05) is 31.5 Å². The average molecular weight is 614 g/mol. The van der Waals surface area contributed by atoms with Crippen molar-refractivity contribution in [1.82, 2.24) is 15.0 Å². The van der Waals surface area contributed by atoms with E-state index in [0.29, 0.717) is 22.5 Å². The van der Waals surface area contributed by atoms with E-state index < -0.39 is 5.41 Å². The number of fused-ring (bicyclic) bond motifs is 9. The van der Waals surface area contributed by atoms with Crippen LogP contribution in [0.2, 0.25) is 5.02 Å². The van der Waals surface area contributed by atoms with Gasteiger partial charge in [-0.1, -0.05) is 151 Å². The number of halogens is 1. The lowest BCUT2D eigenvalue weighted by Gasteiger charge is -2.40. The third kappa shape index (κ3) is 3.96. The lowest BCUT2D eigenvalue weighted by atomic mass is 9.67. The largest absolute Gasteiger partial charge is 0.208 e. The first kappa shape index (κ1) is 26.4. The molecule has 0 fully saturated rings. The topological polar surface area (TPSA) is 38.7 Å². The van der Waals surface area contributed by atoms with Gasteiger partial charge in [0.1, 0.15) is 0 Å². The molecule has 1 aromatic heterocycles. The molecule has 5 heteroatoms. The summed E-state index contributed by atoms with van der Waals surface area (Å²) in [5.41, 5.74) is 9.66. The highest BCUT2D eigenvalue weighted by atomic mass is 35.5. The summed E-state index contributed by atoms with van der Waals surface area (Å²) < 4.78 is 0. The molecule has 0 amide bonds. The van der Waals surface area contributed by atoms with Crippen LogP contribution in [0.25, 0.3) is 45.3 Å². The molecule has 45 heavy (non-hydrogen) atoms. The summed E-state index contributed by atoms with van der Waals surface area (Å²) in [5, 5.41) is 0.646. The molecule has 1 aliphatic carbocycles. The summed E-state index contributed by atoms with van der Waals surface area (Å²) >= 11 is 8.87. The van der Waals surface area contributed by atoms with Crippen molar-refractivity contribution < 1.29 is 0 Å². The van der Waals surface area contributed by atoms with E-state index in [1.165, 1.54) is 32.7 Å². The van der Waals surface area contributed by atoms with Gasteiger partial charge in [0.15, 0.2) is 17.5 Å². The summed E-state index contributed by atoms with van der Waals surface area (Å²) in [7, 11) is 0. The molecule has 0 N–H and O–H groups in total. The van der Waals surface area contributed by atoms with Crippen molar-refractivity contribution in [2.24, 2.45) is 0 Å². The molecule has 9 rings (SSSR count). The highest BCUT2D eigenvalue weighted by Crippen LogP contribution is 2.63. The molecule has 1 aliphatic heterocycles. The van der Waals surface area contributed by atoms with Crippen molar-refractivity contribution in [2.45, 2.75) is 15.2 Å². The van der Waals surface area contributed by atoms with E-state index in [2.05, 4.69) is 78.9 Å². The number of hydrogen-bond donors (Lipinski definition) is 0. The van der Waals surface area contributed by atoms with Gasteiger partial charge in [0.2, 0.25) is 0 Å². The van der Waals surface area contributed by atoms with Gasteiger partial charge >= 0.3 is 0 Å². The minimum absolute atomic E-state index is 0.540. The summed E-state index contributed by atoms with van der Waals surface area (Å²) in [5.74, 6) is 1.85. The van der Waals surface area contributed by atoms with Crippen molar-refractivity contribution in [2.75, 3.05) is 0 Å². The molecule has 0 saturated carbocycles. The normalized spacial score (nSPS) is 13.5. The van der Waals surface area contributed by atoms with E-state index in [4.69, 9.17) is 26.6 Å². The second-order valence-electron chi connectivity index (χ2n) is 11.3. The maximum Gasteiger partial charge on any atom is 0.165 e. The van der Waals surface area contributed by atoms with Crippen LogP contribution in [0.15, 0.2) is 155 Å². The smallest absolute Gasteiger partial charge is 0.165 e. The third-order valence-corrected chi connectivity index (χ3v) is 10.3. The fourth-order valence-electron chi connectivity index (χ4n) is 7.01. The van der Waals surface area contributed by atoms with Crippen LogP contribution in [0.4, 0.5) is 0 Å². The highest BCUT2D eigenvalue weighted by molar-refractivity contribution is 7.99. The Balaban J connectivity index is 1.38. The van der Waals surface area contributed by atoms with E-state index in [1.807, 2.05) is 66.7 Å². The maximum atomic E-state index is 7.11. The molecule has 0 atom stereocenters. The molecule has 0 bridgehead atoms. The van der Waals surface area contributed by atoms with Gasteiger partial charge in [0.05, 0.1) is 5.41 Å². The first-order valence-electron chi connectivity index (χ1n) is 14.9. The van der Waals surface area contributed by atoms with Crippen LogP contribution in [0.1, 0.15) is 22.3 Å². The van der Waals surface area contributed by atoms with Crippen LogP contribution in [0.3, 0.4) is 0 Å². The number of rotatable bonds is 3. The van der Waals surface area contributed by atoms with Crippen LogP contribution in [-0.2, 0) is 5.41 Å². The first-order chi connectivity index (χ1) is 22.2. The monoisotopic (exact) mass is 613 g/mol. The lowest BCUT2D eigenvalue weighted by Crippen LogP contribution is -2.32. The molecule has 212 valence electrons. The first-order valence-corrected chi connectivity index (χ1v) is 16.1. The zero-order chi connectivity index (χ0) is 30.0. The molecule has 6 aromatic carbocycles. The van der Waals surface area contributed by atoms with Gasteiger partial charge in [-0.25, -0.2) is 15.0 Å². The Morgan fingerprint density at radius 1 is 0.444 bits per heavy atom. The Kier molecular flexibility index (Phi) is 6.02. The van der Waals surface area contributed by atoms with Crippen molar-refractivity contribution >= 4 is 23.4 Å². The Morgan fingerprint density at radius 2 is 0.933 bits per heavy atom. The quantitative estimate of drug-likeness (QED) is 0.199. The molecular formula is C40H24ClN3S. The Labute approximate surface area is 270 Å². The molecule has 0 saturated heterocycles. The van der Waals surface area contributed by atoms with E-state index in [1.54, 1.807) is 11.8 Å². The fraction of sp³-hybridized carbons (Fsp3) is 0.0250. The zero-order valence-corrected chi connectivity index (χ0v) is 25.6. The van der Waals surface area contributed by atoms with Gasteiger partial charge in [-0.15, -0.1) is 0 Å². The fourth-order valence-corrected chi connectivity index (χ4v) is 8.51. The molecule has 2 aliphatic rings. The predicted octanol–water partition coefficient (Wildman–Crippen LogP) is 10.4.